The third kappa shape index (κ3) is 4.53. The van der Waals surface area contributed by atoms with Crippen LogP contribution in [-0.4, -0.2) is 28.6 Å². The van der Waals surface area contributed by atoms with Crippen LogP contribution in [0.2, 0.25) is 0 Å². The molecule has 0 unspecified atom stereocenters. The lowest BCUT2D eigenvalue weighted by Gasteiger charge is -2.27. The van der Waals surface area contributed by atoms with Gasteiger partial charge in [0.05, 0.1) is 24.5 Å². The molecule has 1 fully saturated rings. The third-order valence-electron chi connectivity index (χ3n) is 5.53. The molecule has 1 atom stereocenters. The fourth-order valence-electron chi connectivity index (χ4n) is 4.00. The molecule has 1 aliphatic rings. The fourth-order valence-corrected chi connectivity index (χ4v) is 4.62. The van der Waals surface area contributed by atoms with E-state index in [0.29, 0.717) is 22.6 Å². The number of rotatable bonds is 7. The van der Waals surface area contributed by atoms with E-state index in [0.717, 1.165) is 42.9 Å². The number of methoxy groups -OCH3 is 1. The highest BCUT2D eigenvalue weighted by Gasteiger charge is 2.29. The molecule has 3 heterocycles. The van der Waals surface area contributed by atoms with Crippen LogP contribution in [0.4, 0.5) is 16.9 Å². The number of nitrogens with one attached hydrogen (secondary N) is 1. The molecule has 3 aromatic rings. The molecule has 0 aliphatic carbocycles. The fraction of sp³-hybridized carbons (Fsp3) is 0.391. The van der Waals surface area contributed by atoms with E-state index in [1.165, 1.54) is 22.5 Å². The standard InChI is InChI=1S/C23H26N6OS/c1-4-18-19(14-30-3)26-22(27-21(18)28-23-25-13-17(12-24)31-23)29-11-5-6-20(29)16-9-7-15(2)8-10-16/h7-10,13,20H,4-6,11,14H2,1-3H3,(H,25,26,27,28)/t20-/m0/s1. The van der Waals surface area contributed by atoms with Gasteiger partial charge in [-0.15, -0.1) is 0 Å². The molecule has 0 spiro atoms. The third-order valence-corrected chi connectivity index (χ3v) is 6.35. The summed E-state index contributed by atoms with van der Waals surface area (Å²) in [5, 5.41) is 13.1. The first-order chi connectivity index (χ1) is 15.1. The molecule has 160 valence electrons. The Morgan fingerprint density at radius 2 is 2.10 bits per heavy atom. The van der Waals surface area contributed by atoms with Crippen molar-refractivity contribution in [3.8, 4) is 6.07 Å². The van der Waals surface area contributed by atoms with E-state index in [1.54, 1.807) is 13.3 Å². The van der Waals surface area contributed by atoms with Crippen LogP contribution < -0.4 is 10.2 Å². The van der Waals surface area contributed by atoms with E-state index in [9.17, 15) is 0 Å². The number of benzene rings is 1. The zero-order valence-corrected chi connectivity index (χ0v) is 18.9. The second kappa shape index (κ2) is 9.41. The summed E-state index contributed by atoms with van der Waals surface area (Å²) in [6.45, 7) is 5.51. The summed E-state index contributed by atoms with van der Waals surface area (Å²) in [4.78, 5) is 17.0. The van der Waals surface area contributed by atoms with Crippen molar-refractivity contribution < 1.29 is 4.74 Å². The number of aryl methyl sites for hydroxylation is 1. The molecule has 0 bridgehead atoms. The molecule has 4 rings (SSSR count). The molecule has 0 radical (unpaired) electrons. The van der Waals surface area contributed by atoms with Crippen LogP contribution in [0.25, 0.3) is 0 Å². The Balaban J connectivity index is 1.73. The Bertz CT molecular complexity index is 1090. The van der Waals surface area contributed by atoms with Crippen LogP contribution in [0.1, 0.15) is 53.1 Å². The minimum Gasteiger partial charge on any atom is -0.378 e. The molecule has 0 amide bonds. The predicted molar refractivity (Wildman–Crippen MR) is 123 cm³/mol. The highest BCUT2D eigenvalue weighted by Crippen LogP contribution is 2.36. The van der Waals surface area contributed by atoms with Gasteiger partial charge in [0.25, 0.3) is 0 Å². The van der Waals surface area contributed by atoms with Gasteiger partial charge in [0.1, 0.15) is 16.8 Å². The van der Waals surface area contributed by atoms with E-state index in [2.05, 4.69) is 59.4 Å². The topological polar surface area (TPSA) is 87.0 Å². The van der Waals surface area contributed by atoms with Crippen LogP contribution in [0, 0.1) is 18.3 Å². The summed E-state index contributed by atoms with van der Waals surface area (Å²) in [6.07, 6.45) is 4.50. The number of nitrogens with zero attached hydrogens (tertiary/aromatic N) is 5. The molecule has 1 N–H and O–H groups in total. The molecule has 7 nitrogen and oxygen atoms in total. The predicted octanol–water partition coefficient (Wildman–Crippen LogP) is 4.91. The first kappa shape index (κ1) is 21.2. The highest BCUT2D eigenvalue weighted by molar-refractivity contribution is 7.16. The number of ether oxygens (including phenoxy) is 1. The van der Waals surface area contributed by atoms with E-state index in [4.69, 9.17) is 20.0 Å². The minimum atomic E-state index is 0.251. The van der Waals surface area contributed by atoms with E-state index in [-0.39, 0.29) is 6.04 Å². The lowest BCUT2D eigenvalue weighted by molar-refractivity contribution is 0.180. The van der Waals surface area contributed by atoms with Crippen LogP contribution >= 0.6 is 11.3 Å². The smallest absolute Gasteiger partial charge is 0.228 e. The summed E-state index contributed by atoms with van der Waals surface area (Å²) in [5.74, 6) is 1.43. The van der Waals surface area contributed by atoms with Crippen molar-refractivity contribution >= 4 is 28.2 Å². The number of hydrogen-bond donors (Lipinski definition) is 1. The van der Waals surface area contributed by atoms with Gasteiger partial charge >= 0.3 is 0 Å². The largest absolute Gasteiger partial charge is 0.378 e. The molecule has 1 aromatic carbocycles. The molecule has 8 heteroatoms. The lowest BCUT2D eigenvalue weighted by Crippen LogP contribution is -2.26. The highest BCUT2D eigenvalue weighted by atomic mass is 32.1. The van der Waals surface area contributed by atoms with Crippen LogP contribution in [0.3, 0.4) is 0 Å². The molecular formula is C23H26N6OS. The SMILES string of the molecule is CCc1c(COC)nc(N2CCC[C@H]2c2ccc(C)cc2)nc1Nc1ncc(C#N)s1. The molecule has 1 aliphatic heterocycles. The number of aromatic nitrogens is 3. The quantitative estimate of drug-likeness (QED) is 0.565. The van der Waals surface area contributed by atoms with Gasteiger partial charge in [-0.2, -0.15) is 10.2 Å². The monoisotopic (exact) mass is 434 g/mol. The number of anilines is 3. The second-order valence-corrected chi connectivity index (χ2v) is 8.64. The van der Waals surface area contributed by atoms with Gasteiger partial charge in [-0.05, 0) is 31.7 Å². The summed E-state index contributed by atoms with van der Waals surface area (Å²) >= 11 is 1.31. The molecule has 1 saturated heterocycles. The van der Waals surface area contributed by atoms with Crippen LogP contribution in [0.15, 0.2) is 30.5 Å². The Morgan fingerprint density at radius 1 is 1.29 bits per heavy atom. The summed E-state index contributed by atoms with van der Waals surface area (Å²) < 4.78 is 5.45. The zero-order chi connectivity index (χ0) is 21.8. The Hall–Kier alpha value is -3.02. The van der Waals surface area contributed by atoms with Gasteiger partial charge in [-0.1, -0.05) is 48.1 Å². The van der Waals surface area contributed by atoms with E-state index >= 15 is 0 Å². The van der Waals surface area contributed by atoms with Gasteiger partial charge in [0, 0.05) is 19.2 Å². The first-order valence-corrected chi connectivity index (χ1v) is 11.3. The minimum absolute atomic E-state index is 0.251. The summed E-state index contributed by atoms with van der Waals surface area (Å²) in [7, 11) is 1.68. The second-order valence-electron chi connectivity index (χ2n) is 7.61. The van der Waals surface area contributed by atoms with Crippen molar-refractivity contribution in [2.75, 3.05) is 23.9 Å². The average molecular weight is 435 g/mol. The maximum Gasteiger partial charge on any atom is 0.228 e. The van der Waals surface area contributed by atoms with Crippen molar-refractivity contribution in [1.29, 1.82) is 5.26 Å². The Morgan fingerprint density at radius 3 is 2.77 bits per heavy atom. The average Bonchev–Trinajstić information content (AvgIpc) is 3.44. The van der Waals surface area contributed by atoms with E-state index < -0.39 is 0 Å². The Labute approximate surface area is 186 Å². The van der Waals surface area contributed by atoms with E-state index in [1.807, 2.05) is 0 Å². The van der Waals surface area contributed by atoms with Crippen molar-refractivity contribution in [3.63, 3.8) is 0 Å². The van der Waals surface area contributed by atoms with Gasteiger partial charge in [0.2, 0.25) is 5.95 Å². The molecule has 31 heavy (non-hydrogen) atoms. The first-order valence-electron chi connectivity index (χ1n) is 10.5. The number of thiazole rings is 1. The number of nitriles is 1. The molecule has 2 aromatic heterocycles. The van der Waals surface area contributed by atoms with Gasteiger partial charge < -0.3 is 15.0 Å². The van der Waals surface area contributed by atoms with Crippen LogP contribution in [0.5, 0.6) is 0 Å². The van der Waals surface area contributed by atoms with Crippen molar-refractivity contribution in [3.05, 3.63) is 57.7 Å². The Kier molecular flexibility index (Phi) is 6.44. The summed E-state index contributed by atoms with van der Waals surface area (Å²) in [6, 6.07) is 11.1. The summed E-state index contributed by atoms with van der Waals surface area (Å²) in [5.41, 5.74) is 4.42. The maximum absolute atomic E-state index is 9.12. The van der Waals surface area contributed by atoms with Crippen molar-refractivity contribution in [1.82, 2.24) is 15.0 Å². The van der Waals surface area contributed by atoms with Gasteiger partial charge in [-0.3, -0.25) is 0 Å². The maximum atomic E-state index is 9.12. The molecular weight excluding hydrogens is 408 g/mol. The number of hydrogen-bond acceptors (Lipinski definition) is 8. The lowest BCUT2D eigenvalue weighted by atomic mass is 10.0. The van der Waals surface area contributed by atoms with Gasteiger partial charge in [-0.25, -0.2) is 9.97 Å². The van der Waals surface area contributed by atoms with Crippen molar-refractivity contribution in [2.45, 2.75) is 45.8 Å². The van der Waals surface area contributed by atoms with Gasteiger partial charge in [0.15, 0.2) is 5.13 Å². The zero-order valence-electron chi connectivity index (χ0n) is 18.1. The van der Waals surface area contributed by atoms with Crippen LogP contribution in [-0.2, 0) is 17.8 Å². The van der Waals surface area contributed by atoms with Crippen molar-refractivity contribution in [2.24, 2.45) is 0 Å². The normalized spacial score (nSPS) is 15.8. The molecule has 0 saturated carbocycles.